The molecular formula is C7H13N5O3S. The number of carbonyl (C=O) groups is 1. The topological polar surface area (TPSA) is 118 Å². The minimum Gasteiger partial charge on any atom is -0.346 e. The molecule has 90 valence electrons. The van der Waals surface area contributed by atoms with Crippen LogP contribution in [-0.4, -0.2) is 47.0 Å². The highest BCUT2D eigenvalue weighted by atomic mass is 32.2. The van der Waals surface area contributed by atoms with Crippen LogP contribution in [0.25, 0.3) is 0 Å². The maximum Gasteiger partial charge on any atom is 0.221 e. The van der Waals surface area contributed by atoms with E-state index in [-0.39, 0.29) is 18.1 Å². The molecule has 1 aromatic rings. The highest BCUT2D eigenvalue weighted by molar-refractivity contribution is 7.90. The quantitative estimate of drug-likeness (QED) is 0.675. The van der Waals surface area contributed by atoms with Crippen molar-refractivity contribution in [1.82, 2.24) is 25.9 Å². The molecule has 2 N–H and O–H groups in total. The van der Waals surface area contributed by atoms with E-state index >= 15 is 0 Å². The number of nitrogens with zero attached hydrogens (tertiary/aromatic N) is 3. The second kappa shape index (κ2) is 5.01. The molecule has 0 aromatic carbocycles. The Morgan fingerprint density at radius 2 is 2.25 bits per heavy atom. The van der Waals surface area contributed by atoms with Gasteiger partial charge in [-0.1, -0.05) is 5.21 Å². The minimum absolute atomic E-state index is 0.0684. The molecule has 0 saturated heterocycles. The lowest BCUT2D eigenvalue weighted by molar-refractivity contribution is -0.121. The second-order valence-electron chi connectivity index (χ2n) is 3.44. The average molecular weight is 247 g/mol. The first-order valence-electron chi connectivity index (χ1n) is 4.59. The van der Waals surface area contributed by atoms with E-state index in [0.717, 1.165) is 6.26 Å². The molecule has 1 atom stereocenters. The molecule has 16 heavy (non-hydrogen) atoms. The highest BCUT2D eigenvalue weighted by Gasteiger charge is 2.14. The molecule has 0 spiro atoms. The fraction of sp³-hybridized carbons (Fsp3) is 0.714. The van der Waals surface area contributed by atoms with Gasteiger partial charge in [0.15, 0.2) is 5.82 Å². The van der Waals surface area contributed by atoms with Crippen molar-refractivity contribution in [3.8, 4) is 0 Å². The van der Waals surface area contributed by atoms with Crippen molar-refractivity contribution >= 4 is 15.7 Å². The van der Waals surface area contributed by atoms with E-state index < -0.39 is 15.9 Å². The largest absolute Gasteiger partial charge is 0.346 e. The number of sulfone groups is 1. The van der Waals surface area contributed by atoms with E-state index in [2.05, 4.69) is 25.9 Å². The third kappa shape index (κ3) is 4.34. The molecule has 1 rings (SSSR count). The summed E-state index contributed by atoms with van der Waals surface area (Å²) in [6.45, 7) is 1.68. The molecule has 0 aliphatic heterocycles. The predicted octanol–water partition coefficient (Wildman–Crippen LogP) is -1.19. The molecule has 0 aliphatic rings. The molecule has 0 saturated carbocycles. The number of aromatic nitrogens is 4. The number of tetrazole rings is 1. The average Bonchev–Trinajstić information content (AvgIpc) is 2.66. The first-order chi connectivity index (χ1) is 7.38. The zero-order valence-corrected chi connectivity index (χ0v) is 9.78. The first kappa shape index (κ1) is 12.6. The molecule has 1 aromatic heterocycles. The van der Waals surface area contributed by atoms with Crippen LogP contribution in [0.15, 0.2) is 0 Å². The van der Waals surface area contributed by atoms with Crippen LogP contribution in [0.3, 0.4) is 0 Å². The van der Waals surface area contributed by atoms with Gasteiger partial charge in [-0.05, 0) is 6.92 Å². The second-order valence-corrected chi connectivity index (χ2v) is 5.70. The SMILES string of the molecule is CC(NC(=O)CCS(C)(=O)=O)c1nn[nH]n1. The van der Waals surface area contributed by atoms with Crippen molar-refractivity contribution in [1.29, 1.82) is 0 Å². The van der Waals surface area contributed by atoms with Crippen LogP contribution in [0.2, 0.25) is 0 Å². The van der Waals surface area contributed by atoms with E-state index in [1.807, 2.05) is 0 Å². The third-order valence-electron chi connectivity index (χ3n) is 1.83. The molecule has 1 amide bonds. The van der Waals surface area contributed by atoms with Crippen LogP contribution in [0.1, 0.15) is 25.2 Å². The minimum atomic E-state index is -3.12. The van der Waals surface area contributed by atoms with Crippen LogP contribution < -0.4 is 5.32 Å². The molecule has 0 aliphatic carbocycles. The number of carbonyl (C=O) groups excluding carboxylic acids is 1. The van der Waals surface area contributed by atoms with Gasteiger partial charge >= 0.3 is 0 Å². The number of rotatable bonds is 5. The summed E-state index contributed by atoms with van der Waals surface area (Å²) in [6.07, 6.45) is 1.02. The van der Waals surface area contributed by atoms with Crippen LogP contribution in [0.4, 0.5) is 0 Å². The molecule has 1 heterocycles. The molecular weight excluding hydrogens is 234 g/mol. The Labute approximate surface area is 92.7 Å². The highest BCUT2D eigenvalue weighted by Crippen LogP contribution is 2.03. The van der Waals surface area contributed by atoms with E-state index in [4.69, 9.17) is 0 Å². The Hall–Kier alpha value is -1.51. The van der Waals surface area contributed by atoms with Gasteiger partial charge in [-0.2, -0.15) is 5.21 Å². The summed E-state index contributed by atoms with van der Waals surface area (Å²) in [7, 11) is -3.12. The summed E-state index contributed by atoms with van der Waals surface area (Å²) in [4.78, 5) is 11.3. The Balaban J connectivity index is 2.40. The summed E-state index contributed by atoms with van der Waals surface area (Å²) in [5.74, 6) is -0.173. The number of hydrogen-bond acceptors (Lipinski definition) is 6. The summed E-state index contributed by atoms with van der Waals surface area (Å²) in [6, 6.07) is -0.397. The van der Waals surface area contributed by atoms with Gasteiger partial charge in [-0.15, -0.1) is 10.2 Å². The molecule has 0 fully saturated rings. The van der Waals surface area contributed by atoms with Crippen LogP contribution in [0.5, 0.6) is 0 Å². The normalized spacial score (nSPS) is 13.4. The van der Waals surface area contributed by atoms with Crippen molar-refractivity contribution in [2.45, 2.75) is 19.4 Å². The van der Waals surface area contributed by atoms with Gasteiger partial charge < -0.3 is 5.32 Å². The molecule has 0 bridgehead atoms. The Morgan fingerprint density at radius 1 is 1.56 bits per heavy atom. The third-order valence-corrected chi connectivity index (χ3v) is 2.77. The van der Waals surface area contributed by atoms with Gasteiger partial charge in [0.1, 0.15) is 9.84 Å². The standard InChI is InChI=1S/C7H13N5O3S/c1-5(7-9-11-12-10-7)8-6(13)3-4-16(2,14)15/h5H,3-4H2,1-2H3,(H,8,13)(H,9,10,11,12). The van der Waals surface area contributed by atoms with E-state index in [1.165, 1.54) is 0 Å². The lowest BCUT2D eigenvalue weighted by Crippen LogP contribution is -2.28. The smallest absolute Gasteiger partial charge is 0.221 e. The first-order valence-corrected chi connectivity index (χ1v) is 6.65. The van der Waals surface area contributed by atoms with E-state index in [1.54, 1.807) is 6.92 Å². The molecule has 8 nitrogen and oxygen atoms in total. The van der Waals surface area contributed by atoms with Gasteiger partial charge in [0.05, 0.1) is 11.8 Å². The summed E-state index contributed by atoms with van der Waals surface area (Å²) < 4.78 is 21.7. The maximum atomic E-state index is 11.3. The summed E-state index contributed by atoms with van der Waals surface area (Å²) in [5.41, 5.74) is 0. The monoisotopic (exact) mass is 247 g/mol. The number of hydrogen-bond donors (Lipinski definition) is 2. The Bertz CT molecular complexity index is 441. The number of H-pyrrole nitrogens is 1. The van der Waals surface area contributed by atoms with Crippen molar-refractivity contribution in [3.05, 3.63) is 5.82 Å². The van der Waals surface area contributed by atoms with Crippen LogP contribution in [-0.2, 0) is 14.6 Å². The zero-order chi connectivity index (χ0) is 12.2. The van der Waals surface area contributed by atoms with Crippen molar-refractivity contribution in [2.75, 3.05) is 12.0 Å². The van der Waals surface area contributed by atoms with E-state index in [0.29, 0.717) is 5.82 Å². The Morgan fingerprint density at radius 3 is 2.75 bits per heavy atom. The fourth-order valence-electron chi connectivity index (χ4n) is 1.01. The van der Waals surface area contributed by atoms with Crippen LogP contribution in [0, 0.1) is 0 Å². The zero-order valence-electron chi connectivity index (χ0n) is 8.97. The van der Waals surface area contributed by atoms with Gasteiger partial charge in [0, 0.05) is 12.7 Å². The summed E-state index contributed by atoms with van der Waals surface area (Å²) >= 11 is 0. The number of nitrogens with one attached hydrogen (secondary N) is 2. The lowest BCUT2D eigenvalue weighted by Gasteiger charge is -2.09. The lowest BCUT2D eigenvalue weighted by atomic mass is 10.3. The van der Waals surface area contributed by atoms with E-state index in [9.17, 15) is 13.2 Å². The van der Waals surface area contributed by atoms with Gasteiger partial charge in [0.2, 0.25) is 5.91 Å². The number of amides is 1. The Kier molecular flexibility index (Phi) is 3.93. The predicted molar refractivity (Wildman–Crippen MR) is 55.1 cm³/mol. The van der Waals surface area contributed by atoms with Crippen molar-refractivity contribution in [2.24, 2.45) is 0 Å². The van der Waals surface area contributed by atoms with Crippen molar-refractivity contribution in [3.63, 3.8) is 0 Å². The van der Waals surface area contributed by atoms with Crippen molar-refractivity contribution < 1.29 is 13.2 Å². The van der Waals surface area contributed by atoms with Gasteiger partial charge in [-0.25, -0.2) is 8.42 Å². The van der Waals surface area contributed by atoms with Gasteiger partial charge in [0.25, 0.3) is 0 Å². The van der Waals surface area contributed by atoms with Gasteiger partial charge in [-0.3, -0.25) is 4.79 Å². The molecule has 9 heteroatoms. The molecule has 1 unspecified atom stereocenters. The maximum absolute atomic E-state index is 11.3. The number of aromatic amines is 1. The molecule has 0 radical (unpaired) electrons. The fourth-order valence-corrected chi connectivity index (χ4v) is 1.57. The van der Waals surface area contributed by atoms with Crippen LogP contribution >= 0.6 is 0 Å². The summed E-state index contributed by atoms with van der Waals surface area (Å²) in [5, 5.41) is 15.6.